The third-order valence-corrected chi connectivity index (χ3v) is 4.89. The average molecular weight is 267 g/mol. The highest BCUT2D eigenvalue weighted by Crippen LogP contribution is 2.32. The van der Waals surface area contributed by atoms with E-state index in [1.807, 2.05) is 6.33 Å². The SMILES string of the molecule is c1ccc2c(c1)CCC(n1cncc1C1CCNC1)C2. The lowest BCUT2D eigenvalue weighted by Gasteiger charge is -2.28. The van der Waals surface area contributed by atoms with Gasteiger partial charge in [0.15, 0.2) is 0 Å². The lowest BCUT2D eigenvalue weighted by molar-refractivity contribution is 0.423. The molecule has 1 saturated heterocycles. The van der Waals surface area contributed by atoms with Gasteiger partial charge in [-0.3, -0.25) is 0 Å². The monoisotopic (exact) mass is 267 g/mol. The first kappa shape index (κ1) is 12.2. The Bertz CT molecular complexity index is 596. The largest absolute Gasteiger partial charge is 0.331 e. The van der Waals surface area contributed by atoms with Gasteiger partial charge in [0, 0.05) is 30.4 Å². The van der Waals surface area contributed by atoms with Gasteiger partial charge in [0.25, 0.3) is 0 Å². The third kappa shape index (κ3) is 2.06. The van der Waals surface area contributed by atoms with Crippen molar-refractivity contribution in [2.45, 2.75) is 37.6 Å². The number of benzene rings is 1. The summed E-state index contributed by atoms with van der Waals surface area (Å²) in [7, 11) is 0. The summed E-state index contributed by atoms with van der Waals surface area (Å²) in [5.41, 5.74) is 4.49. The molecule has 2 heterocycles. The minimum Gasteiger partial charge on any atom is -0.331 e. The molecule has 0 saturated carbocycles. The first-order valence-electron chi connectivity index (χ1n) is 7.71. The standard InChI is InChI=1S/C17H21N3/c1-2-4-14-9-16(6-5-13(14)3-1)20-12-19-11-17(20)15-7-8-18-10-15/h1-4,11-12,15-16,18H,5-10H2. The van der Waals surface area contributed by atoms with Gasteiger partial charge in [-0.1, -0.05) is 24.3 Å². The van der Waals surface area contributed by atoms with E-state index in [4.69, 9.17) is 0 Å². The van der Waals surface area contributed by atoms with Gasteiger partial charge >= 0.3 is 0 Å². The summed E-state index contributed by atoms with van der Waals surface area (Å²) in [6.45, 7) is 2.25. The number of fused-ring (bicyclic) bond motifs is 1. The van der Waals surface area contributed by atoms with Crippen LogP contribution in [0, 0.1) is 0 Å². The molecule has 4 rings (SSSR count). The van der Waals surface area contributed by atoms with Crippen molar-refractivity contribution in [3.63, 3.8) is 0 Å². The fourth-order valence-electron chi connectivity index (χ4n) is 3.76. The summed E-state index contributed by atoms with van der Waals surface area (Å²) in [6.07, 6.45) is 8.96. The highest BCUT2D eigenvalue weighted by Gasteiger charge is 2.25. The Balaban J connectivity index is 1.62. The molecule has 1 aliphatic carbocycles. The van der Waals surface area contributed by atoms with E-state index in [0.717, 1.165) is 19.5 Å². The molecule has 2 aromatic rings. The fourth-order valence-corrected chi connectivity index (χ4v) is 3.76. The van der Waals surface area contributed by atoms with E-state index in [0.29, 0.717) is 12.0 Å². The van der Waals surface area contributed by atoms with Crippen molar-refractivity contribution in [2.75, 3.05) is 13.1 Å². The Morgan fingerprint density at radius 1 is 1.15 bits per heavy atom. The summed E-state index contributed by atoms with van der Waals surface area (Å²) in [5.74, 6) is 0.648. The maximum atomic E-state index is 4.43. The lowest BCUT2D eigenvalue weighted by Crippen LogP contribution is -2.21. The predicted octanol–water partition coefficient (Wildman–Crippen LogP) is 2.69. The molecule has 2 unspecified atom stereocenters. The predicted molar refractivity (Wildman–Crippen MR) is 80.0 cm³/mol. The van der Waals surface area contributed by atoms with E-state index in [1.165, 1.54) is 36.1 Å². The number of aromatic nitrogens is 2. The molecule has 104 valence electrons. The molecule has 0 radical (unpaired) electrons. The molecule has 20 heavy (non-hydrogen) atoms. The van der Waals surface area contributed by atoms with Crippen LogP contribution in [0.4, 0.5) is 0 Å². The van der Waals surface area contributed by atoms with Crippen molar-refractivity contribution >= 4 is 0 Å². The van der Waals surface area contributed by atoms with Gasteiger partial charge in [0.2, 0.25) is 0 Å². The van der Waals surface area contributed by atoms with Crippen LogP contribution in [0.1, 0.15) is 41.6 Å². The first-order chi connectivity index (χ1) is 9.92. The Kier molecular flexibility index (Phi) is 3.07. The van der Waals surface area contributed by atoms with E-state index in [9.17, 15) is 0 Å². The summed E-state index contributed by atoms with van der Waals surface area (Å²) in [5, 5.41) is 3.47. The maximum absolute atomic E-state index is 4.43. The van der Waals surface area contributed by atoms with Crippen LogP contribution in [0.25, 0.3) is 0 Å². The summed E-state index contributed by atoms with van der Waals surface area (Å²) in [6, 6.07) is 9.47. The molecule has 2 aliphatic rings. The third-order valence-electron chi connectivity index (χ3n) is 4.89. The quantitative estimate of drug-likeness (QED) is 0.906. The smallest absolute Gasteiger partial charge is 0.0951 e. The minimum atomic E-state index is 0.586. The maximum Gasteiger partial charge on any atom is 0.0951 e. The second-order valence-corrected chi connectivity index (χ2v) is 6.08. The zero-order chi connectivity index (χ0) is 13.4. The molecule has 3 nitrogen and oxygen atoms in total. The molecular formula is C17H21N3. The van der Waals surface area contributed by atoms with Crippen LogP contribution < -0.4 is 5.32 Å². The number of aryl methyl sites for hydroxylation is 1. The summed E-state index contributed by atoms with van der Waals surface area (Å²) in [4.78, 5) is 4.43. The van der Waals surface area contributed by atoms with E-state index < -0.39 is 0 Å². The van der Waals surface area contributed by atoms with Crippen molar-refractivity contribution in [1.82, 2.24) is 14.9 Å². The number of hydrogen-bond acceptors (Lipinski definition) is 2. The number of hydrogen-bond donors (Lipinski definition) is 1. The molecule has 2 atom stereocenters. The van der Waals surface area contributed by atoms with Gasteiger partial charge < -0.3 is 9.88 Å². The fraction of sp³-hybridized carbons (Fsp3) is 0.471. The Morgan fingerprint density at radius 3 is 2.90 bits per heavy atom. The molecule has 0 spiro atoms. The normalized spacial score (nSPS) is 25.6. The second-order valence-electron chi connectivity index (χ2n) is 6.08. The van der Waals surface area contributed by atoms with Gasteiger partial charge in [0.05, 0.1) is 6.33 Å². The lowest BCUT2D eigenvalue weighted by atomic mass is 9.88. The Hall–Kier alpha value is -1.61. The molecule has 1 aliphatic heterocycles. The number of nitrogens with zero attached hydrogens (tertiary/aromatic N) is 2. The first-order valence-corrected chi connectivity index (χ1v) is 7.71. The van der Waals surface area contributed by atoms with E-state index in [-0.39, 0.29) is 0 Å². The topological polar surface area (TPSA) is 29.9 Å². The zero-order valence-corrected chi connectivity index (χ0v) is 11.8. The molecule has 1 aromatic heterocycles. The van der Waals surface area contributed by atoms with Gasteiger partial charge in [-0.15, -0.1) is 0 Å². The minimum absolute atomic E-state index is 0.586. The van der Waals surface area contributed by atoms with Crippen molar-refractivity contribution in [2.24, 2.45) is 0 Å². The van der Waals surface area contributed by atoms with Crippen LogP contribution in [-0.4, -0.2) is 22.6 Å². The Morgan fingerprint density at radius 2 is 2.05 bits per heavy atom. The molecular weight excluding hydrogens is 246 g/mol. The van der Waals surface area contributed by atoms with Gasteiger partial charge in [-0.2, -0.15) is 0 Å². The number of nitrogens with one attached hydrogen (secondary N) is 1. The molecule has 0 amide bonds. The summed E-state index contributed by atoms with van der Waals surface area (Å²) >= 11 is 0. The molecule has 0 bridgehead atoms. The highest BCUT2D eigenvalue weighted by atomic mass is 15.1. The van der Waals surface area contributed by atoms with Crippen LogP contribution in [-0.2, 0) is 12.8 Å². The molecule has 1 fully saturated rings. The molecule has 1 aromatic carbocycles. The molecule has 1 N–H and O–H groups in total. The molecule has 3 heteroatoms. The van der Waals surface area contributed by atoms with Crippen LogP contribution >= 0.6 is 0 Å². The van der Waals surface area contributed by atoms with Gasteiger partial charge in [-0.25, -0.2) is 4.98 Å². The van der Waals surface area contributed by atoms with E-state index in [1.54, 1.807) is 0 Å². The van der Waals surface area contributed by atoms with Crippen molar-refractivity contribution in [1.29, 1.82) is 0 Å². The van der Waals surface area contributed by atoms with Crippen molar-refractivity contribution < 1.29 is 0 Å². The van der Waals surface area contributed by atoms with Gasteiger partial charge in [0.1, 0.15) is 0 Å². The van der Waals surface area contributed by atoms with Gasteiger partial charge in [-0.05, 0) is 43.4 Å². The number of imidazole rings is 1. The average Bonchev–Trinajstić information content (AvgIpc) is 3.17. The van der Waals surface area contributed by atoms with Crippen molar-refractivity contribution in [3.05, 3.63) is 53.6 Å². The van der Waals surface area contributed by atoms with Crippen molar-refractivity contribution in [3.8, 4) is 0 Å². The van der Waals surface area contributed by atoms with Crippen LogP contribution in [0.15, 0.2) is 36.8 Å². The summed E-state index contributed by atoms with van der Waals surface area (Å²) < 4.78 is 2.45. The second kappa shape index (κ2) is 5.06. The van der Waals surface area contributed by atoms with Crippen LogP contribution in [0.5, 0.6) is 0 Å². The highest BCUT2D eigenvalue weighted by molar-refractivity contribution is 5.30. The Labute approximate surface area is 120 Å². The van der Waals surface area contributed by atoms with Crippen LogP contribution in [0.2, 0.25) is 0 Å². The zero-order valence-electron chi connectivity index (χ0n) is 11.8. The van der Waals surface area contributed by atoms with Crippen LogP contribution in [0.3, 0.4) is 0 Å². The van der Waals surface area contributed by atoms with E-state index in [2.05, 4.69) is 45.3 Å². The van der Waals surface area contributed by atoms with E-state index >= 15 is 0 Å². The number of rotatable bonds is 2.